The van der Waals surface area contributed by atoms with E-state index in [9.17, 15) is 4.79 Å². The highest BCUT2D eigenvalue weighted by atomic mass is 32.1. The molecule has 0 N–H and O–H groups in total. The summed E-state index contributed by atoms with van der Waals surface area (Å²) in [5, 5.41) is 2.57. The maximum Gasteiger partial charge on any atom is 0.228 e. The Labute approximate surface area is 128 Å². The normalized spacial score (nSPS) is 10.2. The van der Waals surface area contributed by atoms with Crippen LogP contribution in [0, 0.1) is 0 Å². The summed E-state index contributed by atoms with van der Waals surface area (Å²) in [5.41, 5.74) is 1.04. The summed E-state index contributed by atoms with van der Waals surface area (Å²) in [6.45, 7) is 0. The van der Waals surface area contributed by atoms with Crippen molar-refractivity contribution in [2.75, 3.05) is 26.2 Å². The fourth-order valence-electron chi connectivity index (χ4n) is 1.94. The molecule has 0 aliphatic rings. The Hall–Kier alpha value is -2.08. The molecule has 21 heavy (non-hydrogen) atoms. The Balaban J connectivity index is 1.98. The van der Waals surface area contributed by atoms with Crippen LogP contribution in [0.3, 0.4) is 0 Å². The van der Waals surface area contributed by atoms with Gasteiger partial charge in [-0.25, -0.2) is 4.98 Å². The van der Waals surface area contributed by atoms with Crippen molar-refractivity contribution in [3.63, 3.8) is 0 Å². The van der Waals surface area contributed by atoms with E-state index in [1.807, 2.05) is 23.6 Å². The number of hydrogen-bond acceptors (Lipinski definition) is 5. The molecule has 2 aromatic rings. The number of thiazole rings is 1. The van der Waals surface area contributed by atoms with Crippen LogP contribution < -0.4 is 14.4 Å². The summed E-state index contributed by atoms with van der Waals surface area (Å²) in [6.07, 6.45) is 2.76. The average Bonchev–Trinajstić information content (AvgIpc) is 3.05. The number of rotatable bonds is 6. The second-order valence-electron chi connectivity index (χ2n) is 4.46. The molecule has 0 saturated heterocycles. The summed E-state index contributed by atoms with van der Waals surface area (Å²) in [5.74, 6) is 1.41. The number of nitrogens with zero attached hydrogens (tertiary/aromatic N) is 2. The number of ether oxygens (including phenoxy) is 2. The molecule has 112 valence electrons. The maximum absolute atomic E-state index is 12.1. The molecule has 6 heteroatoms. The highest BCUT2D eigenvalue weighted by molar-refractivity contribution is 7.13. The molecule has 0 radical (unpaired) electrons. The predicted octanol–water partition coefficient (Wildman–Crippen LogP) is 2.76. The number of hydrogen-bond donors (Lipinski definition) is 0. The van der Waals surface area contributed by atoms with E-state index in [0.717, 1.165) is 5.56 Å². The van der Waals surface area contributed by atoms with Gasteiger partial charge in [-0.2, -0.15) is 0 Å². The number of aryl methyl sites for hydroxylation is 1. The first kappa shape index (κ1) is 15.3. The standard InChI is InChI=1S/C15H18N2O3S/c1-17(15-16-8-9-21-15)14(18)7-5-11-4-6-12(19-2)13(10-11)20-3/h4,6,8-10H,5,7H2,1-3H3. The van der Waals surface area contributed by atoms with Crippen molar-refractivity contribution in [2.45, 2.75) is 12.8 Å². The predicted molar refractivity (Wildman–Crippen MR) is 83.4 cm³/mol. The van der Waals surface area contributed by atoms with Crippen molar-refractivity contribution in [1.82, 2.24) is 4.98 Å². The molecule has 0 saturated carbocycles. The van der Waals surface area contributed by atoms with Crippen molar-refractivity contribution in [2.24, 2.45) is 0 Å². The average molecular weight is 306 g/mol. The van der Waals surface area contributed by atoms with E-state index in [0.29, 0.717) is 29.5 Å². The van der Waals surface area contributed by atoms with Crippen molar-refractivity contribution < 1.29 is 14.3 Å². The van der Waals surface area contributed by atoms with E-state index < -0.39 is 0 Å². The SMILES string of the molecule is COc1ccc(CCC(=O)N(C)c2nccs2)cc1OC. The van der Waals surface area contributed by atoms with E-state index in [4.69, 9.17) is 9.47 Å². The number of carbonyl (C=O) groups is 1. The number of carbonyl (C=O) groups excluding carboxylic acids is 1. The number of aromatic nitrogens is 1. The Morgan fingerprint density at radius 1 is 1.29 bits per heavy atom. The lowest BCUT2D eigenvalue weighted by Gasteiger charge is -2.14. The van der Waals surface area contributed by atoms with E-state index in [1.54, 1.807) is 32.4 Å². The van der Waals surface area contributed by atoms with Gasteiger partial charge in [0.25, 0.3) is 0 Å². The van der Waals surface area contributed by atoms with Crippen molar-refractivity contribution in [3.8, 4) is 11.5 Å². The lowest BCUT2D eigenvalue weighted by Crippen LogP contribution is -2.26. The van der Waals surface area contributed by atoms with Gasteiger partial charge in [0.05, 0.1) is 14.2 Å². The fraction of sp³-hybridized carbons (Fsp3) is 0.333. The minimum Gasteiger partial charge on any atom is -0.493 e. The van der Waals surface area contributed by atoms with Crippen molar-refractivity contribution in [1.29, 1.82) is 0 Å². The van der Waals surface area contributed by atoms with Crippen LogP contribution in [0.4, 0.5) is 5.13 Å². The fourth-order valence-corrected chi connectivity index (χ4v) is 2.57. The van der Waals surface area contributed by atoms with Gasteiger partial charge in [0.1, 0.15) is 0 Å². The zero-order valence-corrected chi connectivity index (χ0v) is 13.1. The monoisotopic (exact) mass is 306 g/mol. The van der Waals surface area contributed by atoms with Crippen LogP contribution in [0.2, 0.25) is 0 Å². The van der Waals surface area contributed by atoms with Crippen LogP contribution in [-0.2, 0) is 11.2 Å². The Morgan fingerprint density at radius 2 is 2.05 bits per heavy atom. The molecule has 1 amide bonds. The first-order chi connectivity index (χ1) is 10.2. The van der Waals surface area contributed by atoms with E-state index in [2.05, 4.69) is 4.98 Å². The van der Waals surface area contributed by atoms with Crippen LogP contribution in [0.25, 0.3) is 0 Å². The summed E-state index contributed by atoms with van der Waals surface area (Å²) in [7, 11) is 4.95. The van der Waals surface area contributed by atoms with Crippen LogP contribution in [0.15, 0.2) is 29.8 Å². The lowest BCUT2D eigenvalue weighted by molar-refractivity contribution is -0.118. The van der Waals surface area contributed by atoms with E-state index in [1.165, 1.54) is 11.3 Å². The Kier molecular flexibility index (Phi) is 5.16. The highest BCUT2D eigenvalue weighted by Crippen LogP contribution is 2.28. The van der Waals surface area contributed by atoms with E-state index in [-0.39, 0.29) is 5.91 Å². The molecule has 0 fully saturated rings. The van der Waals surface area contributed by atoms with Gasteiger partial charge < -0.3 is 9.47 Å². The number of methoxy groups -OCH3 is 2. The van der Waals surface area contributed by atoms with Gasteiger partial charge in [-0.05, 0) is 24.1 Å². The molecule has 1 aromatic heterocycles. The molecular formula is C15H18N2O3S. The third kappa shape index (κ3) is 3.72. The smallest absolute Gasteiger partial charge is 0.228 e. The number of amides is 1. The second kappa shape index (κ2) is 7.08. The van der Waals surface area contributed by atoms with Gasteiger partial charge in [-0.1, -0.05) is 6.07 Å². The third-order valence-corrected chi connectivity index (χ3v) is 4.00. The molecule has 5 nitrogen and oxygen atoms in total. The highest BCUT2D eigenvalue weighted by Gasteiger charge is 2.13. The topological polar surface area (TPSA) is 51.7 Å². The maximum atomic E-state index is 12.1. The van der Waals surface area contributed by atoms with Gasteiger partial charge in [0.15, 0.2) is 16.6 Å². The summed E-state index contributed by atoms with van der Waals surface area (Å²) >= 11 is 1.45. The van der Waals surface area contributed by atoms with Gasteiger partial charge >= 0.3 is 0 Å². The number of benzene rings is 1. The van der Waals surface area contributed by atoms with E-state index >= 15 is 0 Å². The first-order valence-electron chi connectivity index (χ1n) is 6.52. The van der Waals surface area contributed by atoms with Crippen LogP contribution in [0.5, 0.6) is 11.5 Å². The van der Waals surface area contributed by atoms with Crippen molar-refractivity contribution in [3.05, 3.63) is 35.3 Å². The van der Waals surface area contributed by atoms with Crippen LogP contribution >= 0.6 is 11.3 Å². The minimum atomic E-state index is 0.0414. The van der Waals surface area contributed by atoms with Gasteiger partial charge in [0.2, 0.25) is 5.91 Å². The molecule has 0 bridgehead atoms. The molecule has 2 rings (SSSR count). The lowest BCUT2D eigenvalue weighted by atomic mass is 10.1. The van der Waals surface area contributed by atoms with Crippen LogP contribution in [-0.4, -0.2) is 32.2 Å². The molecule has 0 atom stereocenters. The summed E-state index contributed by atoms with van der Waals surface area (Å²) < 4.78 is 10.5. The van der Waals surface area contributed by atoms with Crippen LogP contribution in [0.1, 0.15) is 12.0 Å². The molecule has 0 spiro atoms. The quantitative estimate of drug-likeness (QED) is 0.823. The Morgan fingerprint density at radius 3 is 2.67 bits per heavy atom. The first-order valence-corrected chi connectivity index (χ1v) is 7.40. The second-order valence-corrected chi connectivity index (χ2v) is 5.33. The van der Waals surface area contributed by atoms with Gasteiger partial charge in [0, 0.05) is 25.0 Å². The Bertz CT molecular complexity index is 599. The molecule has 1 aromatic carbocycles. The zero-order chi connectivity index (χ0) is 15.2. The van der Waals surface area contributed by atoms with Gasteiger partial charge in [-0.3, -0.25) is 9.69 Å². The molecule has 0 unspecified atom stereocenters. The summed E-state index contributed by atoms with van der Waals surface area (Å²) in [4.78, 5) is 17.8. The zero-order valence-electron chi connectivity index (χ0n) is 12.3. The molecular weight excluding hydrogens is 288 g/mol. The third-order valence-electron chi connectivity index (χ3n) is 3.16. The molecule has 1 heterocycles. The molecule has 0 aliphatic carbocycles. The summed E-state index contributed by atoms with van der Waals surface area (Å²) in [6, 6.07) is 5.69. The largest absolute Gasteiger partial charge is 0.493 e. The van der Waals surface area contributed by atoms with Gasteiger partial charge in [-0.15, -0.1) is 11.3 Å². The van der Waals surface area contributed by atoms with Crippen molar-refractivity contribution >= 4 is 22.4 Å². The molecule has 0 aliphatic heterocycles. The minimum absolute atomic E-state index is 0.0414. The number of anilines is 1.